The molecule has 1 N–H and O–H groups in total. The van der Waals surface area contributed by atoms with E-state index in [1.807, 2.05) is 25.5 Å². The minimum absolute atomic E-state index is 0.00527. The first-order valence-corrected chi connectivity index (χ1v) is 14.2. The Morgan fingerprint density at radius 1 is 1.27 bits per heavy atom. The van der Waals surface area contributed by atoms with Crippen molar-refractivity contribution in [2.75, 3.05) is 35.1 Å². The third-order valence-electron chi connectivity index (χ3n) is 5.18. The molecular formula is C22H29F3N6O4S2. The number of nitrogens with one attached hydrogen (secondary N) is 1. The van der Waals surface area contributed by atoms with Crippen molar-refractivity contribution in [3.63, 3.8) is 0 Å². The van der Waals surface area contributed by atoms with E-state index in [1.165, 1.54) is 6.07 Å². The summed E-state index contributed by atoms with van der Waals surface area (Å²) < 4.78 is 70.2. The number of azo groups is 1. The third-order valence-corrected chi connectivity index (χ3v) is 7.21. The van der Waals surface area contributed by atoms with E-state index >= 15 is 0 Å². The van der Waals surface area contributed by atoms with Gasteiger partial charge in [-0.1, -0.05) is 38.5 Å². The number of aryl methyl sites for hydroxylation is 1. The summed E-state index contributed by atoms with van der Waals surface area (Å²) in [5.74, 6) is -2.37. The van der Waals surface area contributed by atoms with Crippen molar-refractivity contribution < 1.29 is 31.1 Å². The van der Waals surface area contributed by atoms with Crippen molar-refractivity contribution in [1.82, 2.24) is 10.2 Å². The summed E-state index contributed by atoms with van der Waals surface area (Å²) in [5, 5.41) is 15.5. The average Bonchev–Trinajstić information content (AvgIpc) is 3.25. The average molecular weight is 563 g/mol. The number of esters is 1. The second-order valence-electron chi connectivity index (χ2n) is 9.00. The highest BCUT2D eigenvalue weighted by Gasteiger charge is 2.35. The summed E-state index contributed by atoms with van der Waals surface area (Å²) in [6, 6.07) is 3.10. The van der Waals surface area contributed by atoms with Crippen molar-refractivity contribution in [3.05, 3.63) is 22.7 Å². The van der Waals surface area contributed by atoms with Crippen LogP contribution in [0.2, 0.25) is 0 Å². The molecule has 10 nitrogen and oxygen atoms in total. The van der Waals surface area contributed by atoms with Crippen LogP contribution < -0.4 is 9.62 Å². The molecule has 37 heavy (non-hydrogen) atoms. The first-order valence-electron chi connectivity index (χ1n) is 11.8. The molecule has 1 aromatic carbocycles. The standard InChI is InChI=1S/C22H29F3N6O4S2/c1-4-5-9-35-20(32)19-27-29-21(36-19)28-26-16-10-15-7-6-8-31(12-14(2)3)18(15)11-17(16)30-37(33,34)13-22(23,24)25/h10-11,14,30H,4-9,12-13H2,1-3H3. The van der Waals surface area contributed by atoms with Crippen LogP contribution in [0.1, 0.15) is 55.4 Å². The molecule has 0 spiro atoms. The molecule has 0 saturated carbocycles. The zero-order valence-electron chi connectivity index (χ0n) is 20.7. The van der Waals surface area contributed by atoms with Crippen LogP contribution >= 0.6 is 11.3 Å². The lowest BCUT2D eigenvalue weighted by Gasteiger charge is -2.33. The molecule has 0 amide bonds. The molecule has 1 aliphatic heterocycles. The molecule has 0 radical (unpaired) electrons. The van der Waals surface area contributed by atoms with Gasteiger partial charge in [-0.15, -0.1) is 20.4 Å². The van der Waals surface area contributed by atoms with Gasteiger partial charge in [-0.25, -0.2) is 13.2 Å². The van der Waals surface area contributed by atoms with Crippen molar-refractivity contribution in [3.8, 4) is 0 Å². The van der Waals surface area contributed by atoms with Gasteiger partial charge in [-0.05, 0) is 42.9 Å². The fourth-order valence-corrected chi connectivity index (χ4v) is 5.28. The number of carbonyl (C=O) groups excluding carboxylic acids is 1. The Kier molecular flexibility index (Phi) is 9.45. The Morgan fingerprint density at radius 3 is 2.70 bits per heavy atom. The number of rotatable bonds is 11. The summed E-state index contributed by atoms with van der Waals surface area (Å²) in [7, 11) is -4.76. The van der Waals surface area contributed by atoms with Gasteiger partial charge in [0.2, 0.25) is 15.0 Å². The van der Waals surface area contributed by atoms with Gasteiger partial charge in [0.25, 0.3) is 5.13 Å². The number of hydrogen-bond donors (Lipinski definition) is 1. The predicted molar refractivity (Wildman–Crippen MR) is 135 cm³/mol. The van der Waals surface area contributed by atoms with Gasteiger partial charge in [0, 0.05) is 18.8 Å². The van der Waals surface area contributed by atoms with E-state index in [0.717, 1.165) is 42.0 Å². The van der Waals surface area contributed by atoms with Crippen LogP contribution in [-0.4, -0.2) is 56.2 Å². The quantitative estimate of drug-likeness (QED) is 0.214. The molecule has 3 rings (SSSR count). The number of anilines is 2. The largest absolute Gasteiger partial charge is 0.460 e. The number of unbranched alkanes of at least 4 members (excludes halogenated alkanes) is 1. The minimum atomic E-state index is -4.92. The smallest absolute Gasteiger partial charge is 0.404 e. The van der Waals surface area contributed by atoms with Crippen LogP contribution in [-0.2, 0) is 21.2 Å². The Hall–Kier alpha value is -2.81. The molecule has 0 atom stereocenters. The van der Waals surface area contributed by atoms with Crippen LogP contribution in [0.5, 0.6) is 0 Å². The summed E-state index contributed by atoms with van der Waals surface area (Å²) in [6.45, 7) is 7.72. The first-order chi connectivity index (χ1) is 17.4. The molecule has 15 heteroatoms. The second-order valence-corrected chi connectivity index (χ2v) is 11.7. The molecule has 204 valence electrons. The normalized spacial score (nSPS) is 14.3. The molecule has 0 aliphatic carbocycles. The summed E-state index contributed by atoms with van der Waals surface area (Å²) in [4.78, 5) is 14.1. The lowest BCUT2D eigenvalue weighted by molar-refractivity contribution is -0.106. The molecule has 2 heterocycles. The highest BCUT2D eigenvalue weighted by atomic mass is 32.2. The number of fused-ring (bicyclic) bond motifs is 1. The SMILES string of the molecule is CCCCOC(=O)c1nnc(N=Nc2cc3c(cc2NS(=O)(=O)CC(F)(F)F)N(CC(C)C)CCC3)s1. The van der Waals surface area contributed by atoms with Crippen LogP contribution in [0.15, 0.2) is 22.4 Å². The van der Waals surface area contributed by atoms with E-state index in [4.69, 9.17) is 4.74 Å². The van der Waals surface area contributed by atoms with Crippen LogP contribution in [0.25, 0.3) is 0 Å². The van der Waals surface area contributed by atoms with Crippen LogP contribution in [0.3, 0.4) is 0 Å². The molecule has 2 aromatic rings. The Balaban J connectivity index is 1.93. The third kappa shape index (κ3) is 8.62. The van der Waals surface area contributed by atoms with Gasteiger partial charge >= 0.3 is 12.1 Å². The van der Waals surface area contributed by atoms with Crippen LogP contribution in [0, 0.1) is 5.92 Å². The van der Waals surface area contributed by atoms with Crippen molar-refractivity contribution in [2.24, 2.45) is 16.1 Å². The predicted octanol–water partition coefficient (Wildman–Crippen LogP) is 5.62. The van der Waals surface area contributed by atoms with Gasteiger partial charge in [0.15, 0.2) is 5.75 Å². The molecule has 0 fully saturated rings. The first kappa shape index (κ1) is 28.8. The van der Waals surface area contributed by atoms with E-state index in [2.05, 4.69) is 25.3 Å². The second kappa shape index (κ2) is 12.2. The van der Waals surface area contributed by atoms with Gasteiger partial charge in [-0.3, -0.25) is 4.72 Å². The van der Waals surface area contributed by atoms with E-state index < -0.39 is 27.9 Å². The number of sulfonamides is 1. The summed E-state index contributed by atoms with van der Waals surface area (Å²) in [6.07, 6.45) is -1.81. The maximum Gasteiger partial charge on any atom is 0.404 e. The number of hydrogen-bond acceptors (Lipinski definition) is 10. The fraction of sp³-hybridized carbons (Fsp3) is 0.591. The molecular weight excluding hydrogens is 533 g/mol. The summed E-state index contributed by atoms with van der Waals surface area (Å²) in [5.41, 5.74) is 1.50. The highest BCUT2D eigenvalue weighted by Crippen LogP contribution is 2.39. The lowest BCUT2D eigenvalue weighted by atomic mass is 9.99. The number of nitrogens with zero attached hydrogens (tertiary/aromatic N) is 5. The van der Waals surface area contributed by atoms with E-state index in [9.17, 15) is 26.4 Å². The zero-order chi connectivity index (χ0) is 27.2. The number of alkyl halides is 3. The number of carbonyl (C=O) groups is 1. The maximum atomic E-state index is 12.8. The van der Waals surface area contributed by atoms with Crippen LogP contribution in [0.4, 0.5) is 35.4 Å². The van der Waals surface area contributed by atoms with E-state index in [0.29, 0.717) is 25.3 Å². The molecule has 0 unspecified atom stereocenters. The summed E-state index contributed by atoms with van der Waals surface area (Å²) >= 11 is 0.828. The molecule has 0 bridgehead atoms. The lowest BCUT2D eigenvalue weighted by Crippen LogP contribution is -2.33. The maximum absolute atomic E-state index is 12.8. The van der Waals surface area contributed by atoms with Gasteiger partial charge in [-0.2, -0.15) is 13.2 Å². The number of halogens is 3. The Bertz CT molecular complexity index is 1230. The van der Waals surface area contributed by atoms with E-state index in [1.54, 1.807) is 6.07 Å². The van der Waals surface area contributed by atoms with Crippen molar-refractivity contribution in [2.45, 2.75) is 52.6 Å². The minimum Gasteiger partial charge on any atom is -0.460 e. The number of ether oxygens (including phenoxy) is 1. The Labute approximate surface area is 217 Å². The van der Waals surface area contributed by atoms with Gasteiger partial charge in [0.05, 0.1) is 12.3 Å². The van der Waals surface area contributed by atoms with Crippen molar-refractivity contribution >= 4 is 49.5 Å². The number of aromatic nitrogens is 2. The zero-order valence-corrected chi connectivity index (χ0v) is 22.3. The Morgan fingerprint density at radius 2 is 2.03 bits per heavy atom. The molecule has 0 saturated heterocycles. The number of benzene rings is 1. The molecule has 1 aliphatic rings. The molecule has 1 aromatic heterocycles. The monoisotopic (exact) mass is 562 g/mol. The van der Waals surface area contributed by atoms with Gasteiger partial charge in [0.1, 0.15) is 5.69 Å². The van der Waals surface area contributed by atoms with Crippen molar-refractivity contribution in [1.29, 1.82) is 0 Å². The topological polar surface area (TPSA) is 126 Å². The van der Waals surface area contributed by atoms with Gasteiger partial charge < -0.3 is 9.64 Å². The highest BCUT2D eigenvalue weighted by molar-refractivity contribution is 7.92. The fourth-order valence-electron chi connectivity index (χ4n) is 3.72. The van der Waals surface area contributed by atoms with E-state index in [-0.39, 0.29) is 28.1 Å².